The van der Waals surface area contributed by atoms with Gasteiger partial charge < -0.3 is 5.11 Å². The number of benzene rings is 1. The first kappa shape index (κ1) is 17.1. The van der Waals surface area contributed by atoms with Gasteiger partial charge in [0.15, 0.2) is 0 Å². The molecule has 0 aromatic heterocycles. The van der Waals surface area contributed by atoms with Crippen LogP contribution in [0.4, 0.5) is 0 Å². The fourth-order valence-electron chi connectivity index (χ4n) is 1.54. The van der Waals surface area contributed by atoms with Gasteiger partial charge in [-0.2, -0.15) is 0 Å². The quantitative estimate of drug-likeness (QED) is 0.639. The van der Waals surface area contributed by atoms with Crippen LogP contribution in [0, 0.1) is 0 Å². The molecule has 9 heteroatoms. The minimum Gasteiger partial charge on any atom is -0.392 e. The molecule has 0 radical (unpaired) electrons. The number of hydrogen-bond acceptors (Lipinski definition) is 5. The van der Waals surface area contributed by atoms with Gasteiger partial charge in [0.2, 0.25) is 20.0 Å². The van der Waals surface area contributed by atoms with Gasteiger partial charge >= 0.3 is 0 Å². The van der Waals surface area contributed by atoms with E-state index in [9.17, 15) is 21.9 Å². The van der Waals surface area contributed by atoms with Gasteiger partial charge in [-0.25, -0.2) is 26.7 Å². The highest BCUT2D eigenvalue weighted by Crippen LogP contribution is 2.14. The predicted molar refractivity (Wildman–Crippen MR) is 73.9 cm³/mol. The minimum absolute atomic E-state index is 0.129. The maximum atomic E-state index is 12.0. The second kappa shape index (κ2) is 6.64. The Balaban J connectivity index is 2.94. The Morgan fingerprint density at radius 3 is 2.40 bits per heavy atom. The summed E-state index contributed by atoms with van der Waals surface area (Å²) in [6.07, 6.45) is 0.417. The number of nitrogens with two attached hydrogens (primary N) is 1. The molecule has 0 saturated heterocycles. The van der Waals surface area contributed by atoms with Crippen molar-refractivity contribution in [2.45, 2.75) is 35.7 Å². The summed E-state index contributed by atoms with van der Waals surface area (Å²) in [5, 5.41) is 14.4. The Kier molecular flexibility index (Phi) is 5.66. The number of nitrogens with one attached hydrogen (secondary N) is 1. The molecular formula is C11H18N2O5S2. The molecule has 0 heterocycles. The van der Waals surface area contributed by atoms with Gasteiger partial charge in [0, 0.05) is 6.54 Å². The molecule has 0 aliphatic rings. The molecule has 20 heavy (non-hydrogen) atoms. The van der Waals surface area contributed by atoms with Crippen LogP contribution in [0.5, 0.6) is 0 Å². The summed E-state index contributed by atoms with van der Waals surface area (Å²) in [7, 11) is -7.85. The molecule has 0 spiro atoms. The number of aliphatic hydroxyl groups is 1. The van der Waals surface area contributed by atoms with E-state index >= 15 is 0 Å². The molecule has 7 nitrogen and oxygen atoms in total. The minimum atomic E-state index is -3.97. The van der Waals surface area contributed by atoms with Crippen LogP contribution in [0.15, 0.2) is 34.1 Å². The third-order valence-corrected chi connectivity index (χ3v) is 4.91. The SMILES string of the molecule is CCCC(O)CNS(=O)(=O)c1cccc(S(N)(=O)=O)c1. The summed E-state index contributed by atoms with van der Waals surface area (Å²) in [5.41, 5.74) is 0. The van der Waals surface area contributed by atoms with Crippen molar-refractivity contribution in [2.75, 3.05) is 6.54 Å². The van der Waals surface area contributed by atoms with Gasteiger partial charge in [0.25, 0.3) is 0 Å². The van der Waals surface area contributed by atoms with Crippen molar-refractivity contribution in [2.24, 2.45) is 5.14 Å². The molecule has 0 bridgehead atoms. The lowest BCUT2D eigenvalue weighted by molar-refractivity contribution is 0.167. The maximum Gasteiger partial charge on any atom is 0.240 e. The third-order valence-electron chi connectivity index (χ3n) is 2.58. The van der Waals surface area contributed by atoms with Gasteiger partial charge in [-0.15, -0.1) is 0 Å². The molecule has 4 N–H and O–H groups in total. The van der Waals surface area contributed by atoms with Crippen molar-refractivity contribution in [3.63, 3.8) is 0 Å². The van der Waals surface area contributed by atoms with Crippen LogP contribution in [-0.2, 0) is 20.0 Å². The molecule has 0 amide bonds. The smallest absolute Gasteiger partial charge is 0.240 e. The molecule has 1 aromatic carbocycles. The Morgan fingerprint density at radius 2 is 1.85 bits per heavy atom. The van der Waals surface area contributed by atoms with Gasteiger partial charge in [0.05, 0.1) is 15.9 Å². The van der Waals surface area contributed by atoms with Crippen LogP contribution in [0.25, 0.3) is 0 Å². The number of sulfonamides is 2. The highest BCUT2D eigenvalue weighted by molar-refractivity contribution is 7.90. The van der Waals surface area contributed by atoms with E-state index in [1.54, 1.807) is 0 Å². The Labute approximate surface area is 118 Å². The average molecular weight is 322 g/mol. The van der Waals surface area contributed by atoms with Crippen molar-refractivity contribution in [3.05, 3.63) is 24.3 Å². The lowest BCUT2D eigenvalue weighted by Gasteiger charge is -2.11. The van der Waals surface area contributed by atoms with Gasteiger partial charge in [-0.3, -0.25) is 0 Å². The van der Waals surface area contributed by atoms with Crippen molar-refractivity contribution in [1.29, 1.82) is 0 Å². The molecule has 0 saturated carbocycles. The van der Waals surface area contributed by atoms with E-state index in [4.69, 9.17) is 5.14 Å². The summed E-state index contributed by atoms with van der Waals surface area (Å²) in [5.74, 6) is 0. The molecule has 1 atom stereocenters. The average Bonchev–Trinajstić information content (AvgIpc) is 2.36. The zero-order valence-corrected chi connectivity index (χ0v) is 12.6. The standard InChI is InChI=1S/C11H18N2O5S2/c1-2-4-9(14)8-13-20(17,18)11-6-3-5-10(7-11)19(12,15)16/h3,5-7,9,13-14H,2,4,8H2,1H3,(H2,12,15,16). The van der Waals surface area contributed by atoms with E-state index in [0.717, 1.165) is 12.5 Å². The third kappa shape index (κ3) is 4.84. The Morgan fingerprint density at radius 1 is 1.25 bits per heavy atom. The molecular weight excluding hydrogens is 304 g/mol. The summed E-state index contributed by atoms with van der Waals surface area (Å²) < 4.78 is 48.5. The van der Waals surface area contributed by atoms with Crippen LogP contribution >= 0.6 is 0 Å². The van der Waals surface area contributed by atoms with Crippen molar-refractivity contribution in [3.8, 4) is 0 Å². The second-order valence-electron chi connectivity index (χ2n) is 4.31. The van der Waals surface area contributed by atoms with Crippen molar-refractivity contribution < 1.29 is 21.9 Å². The normalized spacial score (nSPS) is 14.2. The fourth-order valence-corrected chi connectivity index (χ4v) is 3.30. The maximum absolute atomic E-state index is 12.0. The van der Waals surface area contributed by atoms with E-state index in [2.05, 4.69) is 4.72 Å². The summed E-state index contributed by atoms with van der Waals surface area (Å²) >= 11 is 0. The number of primary sulfonamides is 1. The first-order valence-corrected chi connectivity index (χ1v) is 9.00. The monoisotopic (exact) mass is 322 g/mol. The van der Waals surface area contributed by atoms with Gasteiger partial charge in [0.1, 0.15) is 0 Å². The van der Waals surface area contributed by atoms with E-state index in [1.807, 2.05) is 6.92 Å². The zero-order valence-electron chi connectivity index (χ0n) is 11.0. The van der Waals surface area contributed by atoms with Gasteiger partial charge in [-0.05, 0) is 24.6 Å². The summed E-state index contributed by atoms with van der Waals surface area (Å²) in [6, 6.07) is 4.73. The molecule has 114 valence electrons. The summed E-state index contributed by atoms with van der Waals surface area (Å²) in [4.78, 5) is -0.498. The van der Waals surface area contributed by atoms with Crippen molar-refractivity contribution >= 4 is 20.0 Å². The highest BCUT2D eigenvalue weighted by Gasteiger charge is 2.18. The number of rotatable bonds is 7. The second-order valence-corrected chi connectivity index (χ2v) is 7.64. The Bertz CT molecular complexity index is 655. The number of aliphatic hydroxyl groups excluding tert-OH is 1. The fraction of sp³-hybridized carbons (Fsp3) is 0.455. The molecule has 0 fully saturated rings. The molecule has 0 aliphatic heterocycles. The van der Waals surface area contributed by atoms with Crippen LogP contribution in [0.1, 0.15) is 19.8 Å². The largest absolute Gasteiger partial charge is 0.392 e. The van der Waals surface area contributed by atoms with E-state index < -0.39 is 26.2 Å². The van der Waals surface area contributed by atoms with Crippen LogP contribution in [0.3, 0.4) is 0 Å². The van der Waals surface area contributed by atoms with Crippen LogP contribution < -0.4 is 9.86 Å². The van der Waals surface area contributed by atoms with E-state index in [-0.39, 0.29) is 16.3 Å². The van der Waals surface area contributed by atoms with Crippen LogP contribution in [-0.4, -0.2) is 34.6 Å². The van der Waals surface area contributed by atoms with E-state index in [0.29, 0.717) is 6.42 Å². The molecule has 1 aromatic rings. The van der Waals surface area contributed by atoms with Gasteiger partial charge in [-0.1, -0.05) is 19.4 Å². The first-order chi connectivity index (χ1) is 9.16. The molecule has 1 rings (SSSR count). The lowest BCUT2D eigenvalue weighted by atomic mass is 10.2. The highest BCUT2D eigenvalue weighted by atomic mass is 32.2. The lowest BCUT2D eigenvalue weighted by Crippen LogP contribution is -2.32. The summed E-state index contributed by atoms with van der Waals surface area (Å²) in [6.45, 7) is 1.74. The molecule has 1 unspecified atom stereocenters. The Hall–Kier alpha value is -1.00. The first-order valence-electron chi connectivity index (χ1n) is 5.97. The van der Waals surface area contributed by atoms with E-state index in [1.165, 1.54) is 18.2 Å². The number of hydrogen-bond donors (Lipinski definition) is 3. The molecule has 0 aliphatic carbocycles. The topological polar surface area (TPSA) is 127 Å². The van der Waals surface area contributed by atoms with Crippen LogP contribution in [0.2, 0.25) is 0 Å². The predicted octanol–water partition coefficient (Wildman–Crippen LogP) is -0.227. The zero-order chi connectivity index (χ0) is 15.4. The van der Waals surface area contributed by atoms with Crippen molar-refractivity contribution in [1.82, 2.24) is 4.72 Å².